The summed E-state index contributed by atoms with van der Waals surface area (Å²) in [6, 6.07) is 7.61. The van der Waals surface area contributed by atoms with Gasteiger partial charge in [0.2, 0.25) is 5.91 Å². The minimum atomic E-state index is -0.807. The fourth-order valence-electron chi connectivity index (χ4n) is 2.94. The number of H-pyrrole nitrogens is 2. The first-order valence-corrected chi connectivity index (χ1v) is 7.46. The van der Waals surface area contributed by atoms with E-state index in [9.17, 15) is 4.79 Å². The Labute approximate surface area is 141 Å². The van der Waals surface area contributed by atoms with Crippen molar-refractivity contribution in [2.24, 2.45) is 11.7 Å². The van der Waals surface area contributed by atoms with Crippen molar-refractivity contribution in [3.05, 3.63) is 60.0 Å². The lowest BCUT2D eigenvalue weighted by molar-refractivity contribution is -0.119. The van der Waals surface area contributed by atoms with E-state index in [1.807, 2.05) is 36.4 Å². The molecule has 0 saturated carbocycles. The van der Waals surface area contributed by atoms with Gasteiger partial charge in [-0.25, -0.2) is 10.2 Å². The Morgan fingerprint density at radius 3 is 2.40 bits per heavy atom. The van der Waals surface area contributed by atoms with Crippen LogP contribution in [0.5, 0.6) is 0 Å². The predicted molar refractivity (Wildman–Crippen MR) is 85.5 cm³/mol. The smallest absolute Gasteiger partial charge is 0.228 e. The van der Waals surface area contributed by atoms with Gasteiger partial charge in [-0.1, -0.05) is 48.6 Å². The molecular weight excluding hydrogens is 322 g/mol. The van der Waals surface area contributed by atoms with Crippen molar-refractivity contribution in [1.82, 2.24) is 41.2 Å². The average molecular weight is 335 g/mol. The van der Waals surface area contributed by atoms with Crippen molar-refractivity contribution in [2.75, 3.05) is 0 Å². The Balaban J connectivity index is 1.92. The maximum absolute atomic E-state index is 11.5. The lowest BCUT2D eigenvalue weighted by Crippen LogP contribution is -2.30. The Kier molecular flexibility index (Phi) is 3.42. The molecule has 0 aliphatic heterocycles. The highest BCUT2D eigenvalue weighted by molar-refractivity contribution is 5.81. The quantitative estimate of drug-likeness (QED) is 0.562. The maximum atomic E-state index is 11.5. The normalized spacial score (nSPS) is 22.2. The molecule has 10 nitrogen and oxygen atoms in total. The molecule has 0 bridgehead atoms. The van der Waals surface area contributed by atoms with Crippen LogP contribution in [0.25, 0.3) is 11.4 Å². The molecule has 1 aliphatic rings. The summed E-state index contributed by atoms with van der Waals surface area (Å²) < 4.78 is 0. The van der Waals surface area contributed by atoms with Gasteiger partial charge in [-0.15, -0.1) is 10.2 Å². The first-order chi connectivity index (χ1) is 12.2. The molecule has 25 heavy (non-hydrogen) atoms. The summed E-state index contributed by atoms with van der Waals surface area (Å²) in [5, 5.41) is 28.3. The largest absolute Gasteiger partial charge is 0.369 e. The number of benzene rings is 1. The Hall–Kier alpha value is -3.69. The van der Waals surface area contributed by atoms with E-state index in [0.717, 1.165) is 11.1 Å². The summed E-state index contributed by atoms with van der Waals surface area (Å²) in [4.78, 5) is 11.5. The molecule has 2 aromatic heterocycles. The molecule has 4 N–H and O–H groups in total. The fourth-order valence-corrected chi connectivity index (χ4v) is 2.94. The van der Waals surface area contributed by atoms with Crippen LogP contribution in [0.1, 0.15) is 11.4 Å². The summed E-state index contributed by atoms with van der Waals surface area (Å²) >= 11 is 0. The van der Waals surface area contributed by atoms with E-state index in [4.69, 9.17) is 5.73 Å². The molecule has 124 valence electrons. The van der Waals surface area contributed by atoms with Crippen LogP contribution in [-0.2, 0) is 10.2 Å². The van der Waals surface area contributed by atoms with Crippen molar-refractivity contribution in [3.8, 4) is 11.4 Å². The van der Waals surface area contributed by atoms with Crippen molar-refractivity contribution in [1.29, 1.82) is 0 Å². The summed E-state index contributed by atoms with van der Waals surface area (Å²) in [6.45, 7) is 0. The number of carbonyl (C=O) groups excluding carboxylic acids is 1. The van der Waals surface area contributed by atoms with Crippen LogP contribution in [0.2, 0.25) is 0 Å². The van der Waals surface area contributed by atoms with Crippen LogP contribution in [0.3, 0.4) is 0 Å². The van der Waals surface area contributed by atoms with Gasteiger partial charge in [0.05, 0.1) is 11.3 Å². The third-order valence-corrected chi connectivity index (χ3v) is 4.17. The van der Waals surface area contributed by atoms with Crippen LogP contribution in [-0.4, -0.2) is 47.2 Å². The van der Waals surface area contributed by atoms with Crippen LogP contribution in [0, 0.1) is 5.92 Å². The molecular formula is C15H13N9O. The monoisotopic (exact) mass is 335 g/mol. The van der Waals surface area contributed by atoms with Gasteiger partial charge in [-0.2, -0.15) is 0 Å². The van der Waals surface area contributed by atoms with Gasteiger partial charge in [0.1, 0.15) is 0 Å². The summed E-state index contributed by atoms with van der Waals surface area (Å²) in [6.07, 6.45) is 7.18. The van der Waals surface area contributed by atoms with E-state index < -0.39 is 17.2 Å². The predicted octanol–water partition coefficient (Wildman–Crippen LogP) is -0.107. The van der Waals surface area contributed by atoms with Gasteiger partial charge in [0, 0.05) is 5.56 Å². The van der Waals surface area contributed by atoms with Crippen LogP contribution >= 0.6 is 0 Å². The van der Waals surface area contributed by atoms with Gasteiger partial charge < -0.3 is 5.73 Å². The second kappa shape index (κ2) is 5.74. The summed E-state index contributed by atoms with van der Waals surface area (Å²) in [7, 11) is 0. The van der Waals surface area contributed by atoms with Crippen LogP contribution < -0.4 is 5.73 Å². The number of rotatable bonds is 4. The van der Waals surface area contributed by atoms with Gasteiger partial charge in [0.25, 0.3) is 0 Å². The number of nitrogens with one attached hydrogen (secondary N) is 2. The summed E-state index contributed by atoms with van der Waals surface area (Å²) in [5.74, 6) is 0.108. The first kappa shape index (κ1) is 14.9. The molecule has 0 spiro atoms. The van der Waals surface area contributed by atoms with E-state index in [2.05, 4.69) is 41.2 Å². The van der Waals surface area contributed by atoms with Gasteiger partial charge >= 0.3 is 0 Å². The highest BCUT2D eigenvalue weighted by Crippen LogP contribution is 2.40. The van der Waals surface area contributed by atoms with E-state index in [-0.39, 0.29) is 0 Å². The zero-order chi connectivity index (χ0) is 17.3. The number of hydrogen-bond acceptors (Lipinski definition) is 7. The minimum Gasteiger partial charge on any atom is -0.369 e. The molecule has 4 rings (SSSR count). The second-order valence-electron chi connectivity index (χ2n) is 5.56. The van der Waals surface area contributed by atoms with E-state index >= 15 is 0 Å². The molecule has 10 heteroatoms. The van der Waals surface area contributed by atoms with Gasteiger partial charge in [-0.3, -0.25) is 4.79 Å². The molecule has 1 aliphatic carbocycles. The van der Waals surface area contributed by atoms with Gasteiger partial charge in [0.15, 0.2) is 11.6 Å². The number of aromatic nitrogens is 8. The second-order valence-corrected chi connectivity index (χ2v) is 5.56. The average Bonchev–Trinajstić information content (AvgIpc) is 3.35. The van der Waals surface area contributed by atoms with Crippen LogP contribution in [0.15, 0.2) is 48.6 Å². The zero-order valence-corrected chi connectivity index (χ0v) is 12.9. The maximum Gasteiger partial charge on any atom is 0.228 e. The standard InChI is InChI=1S/C15H13N9O/c16-12(25)9-5-7-15(8-6-9,14-19-23-24-20-14)11-4-2-1-3-10(11)13-17-21-22-18-13/h1-9H,(H2,16,25)(H,17,18,21,22)(H,19,20,23,24). The SMILES string of the molecule is NC(=O)C1C=CC(c2nnn[nH]2)(c2ccccc2-c2nnn[nH]2)C=C1. The minimum absolute atomic E-state index is 0.426. The number of primary amides is 1. The van der Waals surface area contributed by atoms with Crippen LogP contribution in [0.4, 0.5) is 0 Å². The van der Waals surface area contributed by atoms with Gasteiger partial charge in [-0.05, 0) is 26.4 Å². The molecule has 1 amide bonds. The molecule has 0 fully saturated rings. The third-order valence-electron chi connectivity index (χ3n) is 4.17. The van der Waals surface area contributed by atoms with E-state index in [1.54, 1.807) is 12.2 Å². The number of amides is 1. The van der Waals surface area contributed by atoms with E-state index in [0.29, 0.717) is 11.6 Å². The number of aromatic amines is 2. The molecule has 2 heterocycles. The number of nitrogens with zero attached hydrogens (tertiary/aromatic N) is 6. The first-order valence-electron chi connectivity index (χ1n) is 7.46. The lowest BCUT2D eigenvalue weighted by Gasteiger charge is -2.30. The molecule has 0 atom stereocenters. The number of allylic oxidation sites excluding steroid dienone is 2. The van der Waals surface area contributed by atoms with Crippen molar-refractivity contribution < 1.29 is 4.79 Å². The topological polar surface area (TPSA) is 152 Å². The van der Waals surface area contributed by atoms with Crippen molar-refractivity contribution in [3.63, 3.8) is 0 Å². The number of hydrogen-bond donors (Lipinski definition) is 3. The number of nitrogens with two attached hydrogens (primary N) is 1. The zero-order valence-electron chi connectivity index (χ0n) is 12.9. The summed E-state index contributed by atoms with van der Waals surface area (Å²) in [5.41, 5.74) is 6.23. The number of tetrazole rings is 2. The third kappa shape index (κ3) is 2.40. The molecule has 0 saturated heterocycles. The molecule has 0 unspecified atom stereocenters. The Bertz CT molecular complexity index is 929. The Morgan fingerprint density at radius 2 is 1.76 bits per heavy atom. The highest BCUT2D eigenvalue weighted by atomic mass is 16.1. The van der Waals surface area contributed by atoms with Crippen molar-refractivity contribution >= 4 is 5.91 Å². The fraction of sp³-hybridized carbons (Fsp3) is 0.133. The van der Waals surface area contributed by atoms with Crippen molar-refractivity contribution in [2.45, 2.75) is 5.41 Å². The number of carbonyl (C=O) groups is 1. The molecule has 0 radical (unpaired) electrons. The lowest BCUT2D eigenvalue weighted by atomic mass is 9.73. The Morgan fingerprint density at radius 1 is 1.04 bits per heavy atom. The van der Waals surface area contributed by atoms with E-state index in [1.165, 1.54) is 0 Å². The highest BCUT2D eigenvalue weighted by Gasteiger charge is 2.37. The molecule has 3 aromatic rings. The molecule has 1 aromatic carbocycles.